The molecule has 120 valence electrons. The number of nitrogens with two attached hydrogens (primary N) is 1. The van der Waals surface area contributed by atoms with E-state index in [0.29, 0.717) is 28.8 Å². The van der Waals surface area contributed by atoms with Gasteiger partial charge in [-0.25, -0.2) is 0 Å². The molecule has 1 aliphatic rings. The molecule has 24 heavy (non-hydrogen) atoms. The summed E-state index contributed by atoms with van der Waals surface area (Å²) in [5.74, 6) is -1.34. The summed E-state index contributed by atoms with van der Waals surface area (Å²) in [6, 6.07) is 13.8. The molecule has 3 amide bonds. The van der Waals surface area contributed by atoms with E-state index in [1.54, 1.807) is 48.7 Å². The third-order valence-corrected chi connectivity index (χ3v) is 3.70. The minimum Gasteiger partial charge on any atom is -0.386 e. The largest absolute Gasteiger partial charge is 0.386 e. The van der Waals surface area contributed by atoms with E-state index >= 15 is 0 Å². The highest BCUT2D eigenvalue weighted by atomic mass is 16.2. The molecule has 0 aliphatic carbocycles. The summed E-state index contributed by atoms with van der Waals surface area (Å²) in [5, 5.41) is 5.35. The second-order valence-corrected chi connectivity index (χ2v) is 5.33. The van der Waals surface area contributed by atoms with Crippen LogP contribution in [0.2, 0.25) is 0 Å². The van der Waals surface area contributed by atoms with E-state index in [1.165, 1.54) is 0 Å². The van der Waals surface area contributed by atoms with E-state index < -0.39 is 17.7 Å². The van der Waals surface area contributed by atoms with Crippen LogP contribution in [0.1, 0.15) is 31.8 Å². The number of rotatable bonds is 4. The van der Waals surface area contributed by atoms with Crippen LogP contribution in [0, 0.1) is 0 Å². The van der Waals surface area contributed by atoms with E-state index in [-0.39, 0.29) is 0 Å². The molecule has 0 fully saturated rings. The van der Waals surface area contributed by atoms with Crippen molar-refractivity contribution in [2.24, 2.45) is 5.73 Å². The monoisotopic (exact) mass is 321 g/mol. The number of fused-ring (bicyclic) bond motifs is 1. The van der Waals surface area contributed by atoms with Crippen molar-refractivity contribution in [1.29, 1.82) is 0 Å². The van der Waals surface area contributed by atoms with Gasteiger partial charge in [-0.3, -0.25) is 19.7 Å². The SMILES string of the molecule is NC(=O)c1cccc(CNC=C2C(=O)NC(=O)c3ccccc32)c1. The molecule has 0 radical (unpaired) electrons. The van der Waals surface area contributed by atoms with Crippen molar-refractivity contribution in [3.63, 3.8) is 0 Å². The molecule has 0 unspecified atom stereocenters. The Morgan fingerprint density at radius 1 is 1.04 bits per heavy atom. The van der Waals surface area contributed by atoms with Gasteiger partial charge in [-0.2, -0.15) is 0 Å². The van der Waals surface area contributed by atoms with Crippen LogP contribution in [-0.4, -0.2) is 17.7 Å². The number of amides is 3. The maximum absolute atomic E-state index is 12.1. The molecule has 1 aliphatic heterocycles. The number of nitrogens with one attached hydrogen (secondary N) is 2. The number of carbonyl (C=O) groups excluding carboxylic acids is 3. The quantitative estimate of drug-likeness (QED) is 0.581. The zero-order valence-corrected chi connectivity index (χ0v) is 12.7. The van der Waals surface area contributed by atoms with Crippen molar-refractivity contribution < 1.29 is 14.4 Å². The lowest BCUT2D eigenvalue weighted by molar-refractivity contribution is -0.114. The Balaban J connectivity index is 1.81. The van der Waals surface area contributed by atoms with Crippen molar-refractivity contribution in [2.45, 2.75) is 6.54 Å². The van der Waals surface area contributed by atoms with E-state index in [4.69, 9.17) is 5.73 Å². The lowest BCUT2D eigenvalue weighted by Crippen LogP contribution is -2.36. The Morgan fingerprint density at radius 3 is 2.54 bits per heavy atom. The molecule has 6 heteroatoms. The first-order chi connectivity index (χ1) is 11.6. The lowest BCUT2D eigenvalue weighted by Gasteiger charge is -2.18. The molecule has 0 aromatic heterocycles. The van der Waals surface area contributed by atoms with Crippen LogP contribution < -0.4 is 16.4 Å². The highest BCUT2D eigenvalue weighted by molar-refractivity contribution is 6.30. The number of benzene rings is 2. The predicted molar refractivity (Wildman–Crippen MR) is 88.7 cm³/mol. The minimum atomic E-state index is -0.491. The van der Waals surface area contributed by atoms with Gasteiger partial charge < -0.3 is 11.1 Å². The van der Waals surface area contributed by atoms with Crippen LogP contribution in [0.3, 0.4) is 0 Å². The lowest BCUT2D eigenvalue weighted by atomic mass is 9.96. The average Bonchev–Trinajstić information content (AvgIpc) is 2.58. The predicted octanol–water partition coefficient (Wildman–Crippen LogP) is 1.19. The summed E-state index contributed by atoms with van der Waals surface area (Å²) in [5.41, 5.74) is 7.96. The van der Waals surface area contributed by atoms with E-state index in [2.05, 4.69) is 10.6 Å². The van der Waals surface area contributed by atoms with E-state index in [9.17, 15) is 14.4 Å². The van der Waals surface area contributed by atoms with Gasteiger partial charge in [0.25, 0.3) is 11.8 Å². The molecule has 2 aromatic carbocycles. The maximum Gasteiger partial charge on any atom is 0.260 e. The molecule has 0 atom stereocenters. The summed E-state index contributed by atoms with van der Waals surface area (Å²) in [4.78, 5) is 35.1. The van der Waals surface area contributed by atoms with Gasteiger partial charge >= 0.3 is 0 Å². The summed E-state index contributed by atoms with van der Waals surface area (Å²) < 4.78 is 0. The zero-order valence-electron chi connectivity index (χ0n) is 12.7. The van der Waals surface area contributed by atoms with Crippen LogP contribution >= 0.6 is 0 Å². The summed E-state index contributed by atoms with van der Waals surface area (Å²) in [6.45, 7) is 0.411. The molecule has 0 saturated heterocycles. The zero-order chi connectivity index (χ0) is 17.1. The van der Waals surface area contributed by atoms with Gasteiger partial charge in [-0.1, -0.05) is 30.3 Å². The number of carbonyl (C=O) groups is 3. The van der Waals surface area contributed by atoms with Gasteiger partial charge in [0.05, 0.1) is 5.57 Å². The van der Waals surface area contributed by atoms with Crippen LogP contribution in [-0.2, 0) is 11.3 Å². The first-order valence-corrected chi connectivity index (χ1v) is 7.33. The second-order valence-electron chi connectivity index (χ2n) is 5.33. The van der Waals surface area contributed by atoms with Crippen LogP contribution in [0.4, 0.5) is 0 Å². The fourth-order valence-corrected chi connectivity index (χ4v) is 2.52. The maximum atomic E-state index is 12.1. The fraction of sp³-hybridized carbons (Fsp3) is 0.0556. The van der Waals surface area contributed by atoms with Crippen molar-refractivity contribution in [1.82, 2.24) is 10.6 Å². The molecule has 0 saturated carbocycles. The first-order valence-electron chi connectivity index (χ1n) is 7.33. The third-order valence-electron chi connectivity index (χ3n) is 3.70. The van der Waals surface area contributed by atoms with Crippen LogP contribution in [0.25, 0.3) is 5.57 Å². The molecular weight excluding hydrogens is 306 g/mol. The van der Waals surface area contributed by atoms with Crippen LogP contribution in [0.15, 0.2) is 54.7 Å². The van der Waals surface area contributed by atoms with E-state index in [0.717, 1.165) is 5.56 Å². The minimum absolute atomic E-state index is 0.385. The van der Waals surface area contributed by atoms with Crippen LogP contribution in [0.5, 0.6) is 0 Å². The number of hydrogen-bond acceptors (Lipinski definition) is 4. The average molecular weight is 321 g/mol. The van der Waals surface area contributed by atoms with Gasteiger partial charge in [-0.05, 0) is 23.8 Å². The third kappa shape index (κ3) is 3.03. The van der Waals surface area contributed by atoms with Gasteiger partial charge in [0.2, 0.25) is 5.91 Å². The first kappa shape index (κ1) is 15.5. The Labute approximate surface area is 138 Å². The van der Waals surface area contributed by atoms with Crippen molar-refractivity contribution in [2.75, 3.05) is 0 Å². The number of primary amides is 1. The molecule has 4 N–H and O–H groups in total. The Kier molecular flexibility index (Phi) is 4.11. The fourth-order valence-electron chi connectivity index (χ4n) is 2.52. The van der Waals surface area contributed by atoms with Gasteiger partial charge in [0.1, 0.15) is 0 Å². The smallest absolute Gasteiger partial charge is 0.260 e. The Hall–Kier alpha value is -3.41. The van der Waals surface area contributed by atoms with Gasteiger partial charge in [0, 0.05) is 29.4 Å². The van der Waals surface area contributed by atoms with Crippen molar-refractivity contribution >= 4 is 23.3 Å². The molecule has 3 rings (SSSR count). The Morgan fingerprint density at radius 2 is 1.79 bits per heavy atom. The second kappa shape index (κ2) is 6.37. The molecule has 0 spiro atoms. The van der Waals surface area contributed by atoms with Gasteiger partial charge in [-0.15, -0.1) is 0 Å². The molecule has 6 nitrogen and oxygen atoms in total. The van der Waals surface area contributed by atoms with Gasteiger partial charge in [0.15, 0.2) is 0 Å². The molecule has 1 heterocycles. The summed E-state index contributed by atoms with van der Waals surface area (Å²) in [6.07, 6.45) is 1.57. The summed E-state index contributed by atoms with van der Waals surface area (Å²) in [7, 11) is 0. The normalized spacial score (nSPS) is 14.9. The standard InChI is InChI=1S/C18H15N3O3/c19-16(22)12-5-3-4-11(8-12)9-20-10-15-13-6-1-2-7-14(13)17(23)21-18(15)24/h1-8,10,20H,9H2,(H2,19,22)(H,21,23,24). The highest BCUT2D eigenvalue weighted by Crippen LogP contribution is 2.23. The number of imide groups is 1. The number of hydrogen-bond donors (Lipinski definition) is 3. The summed E-state index contributed by atoms with van der Waals surface area (Å²) >= 11 is 0. The molecule has 0 bridgehead atoms. The highest BCUT2D eigenvalue weighted by Gasteiger charge is 2.26. The van der Waals surface area contributed by atoms with Crippen molar-refractivity contribution in [3.8, 4) is 0 Å². The van der Waals surface area contributed by atoms with E-state index in [1.807, 2.05) is 6.07 Å². The Bertz CT molecular complexity index is 871. The molecule has 2 aromatic rings. The topological polar surface area (TPSA) is 101 Å². The molecular formula is C18H15N3O3. The van der Waals surface area contributed by atoms with Crippen molar-refractivity contribution in [3.05, 3.63) is 77.0 Å².